The molecule has 2 heterocycles. The van der Waals surface area contributed by atoms with E-state index < -0.39 is 5.43 Å². The molecule has 0 saturated heterocycles. The number of aryl methyl sites for hydroxylation is 1. The van der Waals surface area contributed by atoms with Crippen molar-refractivity contribution in [1.82, 2.24) is 9.55 Å². The summed E-state index contributed by atoms with van der Waals surface area (Å²) in [7, 11) is 0. The number of nitrogens with zero attached hydrogens (tertiary/aromatic N) is 2. The number of fused-ring (bicyclic) bond motifs is 1. The van der Waals surface area contributed by atoms with Crippen molar-refractivity contribution in [3.8, 4) is 11.4 Å². The first-order valence-electron chi connectivity index (χ1n) is 8.10. The Morgan fingerprint density at radius 3 is 2.69 bits per heavy atom. The SMILES string of the molecule is Cc1ccc(-n2c(SCc3cc(=O)c(O)co3)nc3ccccc32)cc1. The van der Waals surface area contributed by atoms with Crippen LogP contribution in [0.25, 0.3) is 16.7 Å². The highest BCUT2D eigenvalue weighted by atomic mass is 32.2. The molecule has 1 N–H and O–H groups in total. The van der Waals surface area contributed by atoms with E-state index in [-0.39, 0.29) is 5.75 Å². The van der Waals surface area contributed by atoms with Crippen LogP contribution < -0.4 is 5.43 Å². The summed E-state index contributed by atoms with van der Waals surface area (Å²) < 4.78 is 7.38. The first kappa shape index (κ1) is 16.5. The highest BCUT2D eigenvalue weighted by Gasteiger charge is 2.13. The van der Waals surface area contributed by atoms with Crippen LogP contribution in [-0.4, -0.2) is 14.7 Å². The van der Waals surface area contributed by atoms with E-state index in [1.807, 2.05) is 24.3 Å². The number of rotatable bonds is 4. The van der Waals surface area contributed by atoms with Crippen molar-refractivity contribution < 1.29 is 9.52 Å². The van der Waals surface area contributed by atoms with Crippen molar-refractivity contribution in [1.29, 1.82) is 0 Å². The van der Waals surface area contributed by atoms with Crippen LogP contribution in [0.4, 0.5) is 0 Å². The minimum absolute atomic E-state index is 0.384. The van der Waals surface area contributed by atoms with Crippen LogP contribution in [0, 0.1) is 6.92 Å². The molecule has 0 unspecified atom stereocenters. The zero-order valence-electron chi connectivity index (χ0n) is 14.0. The molecule has 0 atom stereocenters. The summed E-state index contributed by atoms with van der Waals surface area (Å²) in [6.45, 7) is 2.05. The van der Waals surface area contributed by atoms with Gasteiger partial charge in [-0.1, -0.05) is 41.6 Å². The molecule has 0 fully saturated rings. The molecular formula is C20H16N2O3S. The maximum Gasteiger partial charge on any atom is 0.226 e. The Labute approximate surface area is 153 Å². The van der Waals surface area contributed by atoms with E-state index in [2.05, 4.69) is 35.8 Å². The maximum absolute atomic E-state index is 11.6. The first-order chi connectivity index (χ1) is 12.6. The molecule has 0 radical (unpaired) electrons. The molecule has 2 aromatic heterocycles. The van der Waals surface area contributed by atoms with Crippen LogP contribution in [0.2, 0.25) is 0 Å². The number of hydrogen-bond donors (Lipinski definition) is 1. The monoisotopic (exact) mass is 364 g/mol. The van der Waals surface area contributed by atoms with Gasteiger partial charge < -0.3 is 9.52 Å². The van der Waals surface area contributed by atoms with Crippen molar-refractivity contribution in [2.75, 3.05) is 0 Å². The normalized spacial score (nSPS) is 11.1. The summed E-state index contributed by atoms with van der Waals surface area (Å²) in [5.41, 5.74) is 3.70. The lowest BCUT2D eigenvalue weighted by molar-refractivity contribution is 0.419. The summed E-state index contributed by atoms with van der Waals surface area (Å²) in [6.07, 6.45) is 1.07. The minimum Gasteiger partial charge on any atom is -0.502 e. The lowest BCUT2D eigenvalue weighted by Crippen LogP contribution is -2.00. The van der Waals surface area contributed by atoms with Crippen molar-refractivity contribution in [3.05, 3.63) is 82.4 Å². The molecule has 26 heavy (non-hydrogen) atoms. The second-order valence-corrected chi connectivity index (χ2v) is 6.88. The third kappa shape index (κ3) is 3.11. The van der Waals surface area contributed by atoms with E-state index in [4.69, 9.17) is 9.40 Å². The maximum atomic E-state index is 11.6. The fraction of sp³-hybridized carbons (Fsp3) is 0.100. The standard InChI is InChI=1S/C20H16N2O3S/c1-13-6-8-14(9-7-13)22-17-5-3-2-4-16(17)21-20(22)26-12-15-10-18(23)19(24)11-25-15/h2-11,24H,12H2,1H3. The molecule has 6 heteroatoms. The Hall–Kier alpha value is -2.99. The Bertz CT molecular complexity index is 1130. The molecule has 2 aromatic carbocycles. The second-order valence-electron chi connectivity index (χ2n) is 5.94. The Balaban J connectivity index is 1.74. The zero-order valence-corrected chi connectivity index (χ0v) is 14.9. The highest BCUT2D eigenvalue weighted by molar-refractivity contribution is 7.98. The quantitative estimate of drug-likeness (QED) is 0.547. The van der Waals surface area contributed by atoms with Crippen molar-refractivity contribution >= 4 is 22.8 Å². The van der Waals surface area contributed by atoms with Crippen molar-refractivity contribution in [2.24, 2.45) is 0 Å². The molecule has 130 valence electrons. The molecule has 0 aliphatic rings. The van der Waals surface area contributed by atoms with Crippen molar-refractivity contribution in [3.63, 3.8) is 0 Å². The number of thioether (sulfide) groups is 1. The summed E-state index contributed by atoms with van der Waals surface area (Å²) >= 11 is 1.48. The third-order valence-corrected chi connectivity index (χ3v) is 4.99. The van der Waals surface area contributed by atoms with E-state index in [0.29, 0.717) is 11.5 Å². The summed E-state index contributed by atoms with van der Waals surface area (Å²) in [5, 5.41) is 10.1. The average molecular weight is 364 g/mol. The van der Waals surface area contributed by atoms with Gasteiger partial charge in [0.05, 0.1) is 16.8 Å². The first-order valence-corrected chi connectivity index (χ1v) is 9.08. The molecule has 4 aromatic rings. The van der Waals surface area contributed by atoms with Gasteiger partial charge in [-0.15, -0.1) is 0 Å². The Kier molecular flexibility index (Phi) is 4.26. The van der Waals surface area contributed by atoms with Gasteiger partial charge in [-0.05, 0) is 31.2 Å². The fourth-order valence-electron chi connectivity index (χ4n) is 2.70. The number of hydrogen-bond acceptors (Lipinski definition) is 5. The number of benzene rings is 2. The van der Waals surface area contributed by atoms with Gasteiger partial charge in [0.25, 0.3) is 0 Å². The van der Waals surface area contributed by atoms with Gasteiger partial charge in [-0.3, -0.25) is 9.36 Å². The van der Waals surface area contributed by atoms with Gasteiger partial charge in [-0.25, -0.2) is 4.98 Å². The third-order valence-electron chi connectivity index (χ3n) is 4.03. The largest absolute Gasteiger partial charge is 0.502 e. The smallest absolute Gasteiger partial charge is 0.226 e. The van der Waals surface area contributed by atoms with Crippen LogP contribution in [0.15, 0.2) is 75.2 Å². The zero-order chi connectivity index (χ0) is 18.1. The molecule has 0 spiro atoms. The molecule has 0 amide bonds. The Morgan fingerprint density at radius 1 is 1.15 bits per heavy atom. The number of aromatic nitrogens is 2. The van der Waals surface area contributed by atoms with E-state index in [1.54, 1.807) is 0 Å². The highest BCUT2D eigenvalue weighted by Crippen LogP contribution is 2.30. The van der Waals surface area contributed by atoms with Gasteiger partial charge in [0.2, 0.25) is 5.43 Å². The molecular weight excluding hydrogens is 348 g/mol. The van der Waals surface area contributed by atoms with Crippen LogP contribution in [0.5, 0.6) is 5.75 Å². The lowest BCUT2D eigenvalue weighted by atomic mass is 10.2. The predicted molar refractivity (Wildman–Crippen MR) is 102 cm³/mol. The molecule has 5 nitrogen and oxygen atoms in total. The lowest BCUT2D eigenvalue weighted by Gasteiger charge is -2.09. The average Bonchev–Trinajstić information content (AvgIpc) is 3.02. The molecule has 0 aliphatic heterocycles. The van der Waals surface area contributed by atoms with Crippen LogP contribution in [0.3, 0.4) is 0 Å². The van der Waals surface area contributed by atoms with Crippen molar-refractivity contribution in [2.45, 2.75) is 17.8 Å². The summed E-state index contributed by atoms with van der Waals surface area (Å²) in [6, 6.07) is 17.5. The minimum atomic E-state index is -0.445. The van der Waals surface area contributed by atoms with Gasteiger partial charge >= 0.3 is 0 Å². The summed E-state index contributed by atoms with van der Waals surface area (Å²) in [4.78, 5) is 16.3. The topological polar surface area (TPSA) is 68.3 Å². The van der Waals surface area contributed by atoms with E-state index in [9.17, 15) is 9.90 Å². The number of para-hydroxylation sites is 2. The second kappa shape index (κ2) is 6.72. The Morgan fingerprint density at radius 2 is 1.92 bits per heavy atom. The van der Waals surface area contributed by atoms with Gasteiger partial charge in [0, 0.05) is 11.8 Å². The van der Waals surface area contributed by atoms with Crippen LogP contribution >= 0.6 is 11.8 Å². The summed E-state index contributed by atoms with van der Waals surface area (Å²) in [5.74, 6) is 0.538. The van der Waals surface area contributed by atoms with E-state index in [0.717, 1.165) is 28.1 Å². The fourth-order valence-corrected chi connectivity index (χ4v) is 3.62. The molecule has 0 saturated carbocycles. The number of aromatic hydroxyl groups is 1. The van der Waals surface area contributed by atoms with Gasteiger partial charge in [0.15, 0.2) is 10.9 Å². The number of imidazole rings is 1. The molecule has 0 bridgehead atoms. The van der Waals surface area contributed by atoms with Gasteiger partial charge in [-0.2, -0.15) is 0 Å². The van der Waals surface area contributed by atoms with Crippen LogP contribution in [-0.2, 0) is 5.75 Å². The molecule has 4 rings (SSSR count). The van der Waals surface area contributed by atoms with E-state index in [1.165, 1.54) is 23.4 Å². The van der Waals surface area contributed by atoms with Gasteiger partial charge in [0.1, 0.15) is 12.0 Å². The molecule has 0 aliphatic carbocycles. The van der Waals surface area contributed by atoms with Crippen LogP contribution in [0.1, 0.15) is 11.3 Å². The van der Waals surface area contributed by atoms with E-state index >= 15 is 0 Å². The predicted octanol–water partition coefficient (Wildman–Crippen LogP) is 4.29.